The summed E-state index contributed by atoms with van der Waals surface area (Å²) in [4.78, 5) is 0. The standard InChI is InChI=1S/C37H50/c1-11-15-32-18-19-34(22-29(32)7)37(24-26(2)3,25-31-16-13-12-14-17-31)35-21-28(6)20-33(23-35)30(8)36(9,10)27(4)5/h12-14,16-23,27,30H,2,11,15,24-25H2,1,3-10H3. The average molecular weight is 495 g/mol. The van der Waals surface area contributed by atoms with Crippen molar-refractivity contribution in [3.63, 3.8) is 0 Å². The molecule has 0 heterocycles. The summed E-state index contributed by atoms with van der Waals surface area (Å²) in [5.41, 5.74) is 11.1. The highest BCUT2D eigenvalue weighted by atomic mass is 14.4. The minimum Gasteiger partial charge on any atom is -0.100 e. The van der Waals surface area contributed by atoms with E-state index in [1.165, 1.54) is 50.9 Å². The van der Waals surface area contributed by atoms with Crippen LogP contribution in [-0.4, -0.2) is 0 Å². The van der Waals surface area contributed by atoms with Gasteiger partial charge < -0.3 is 0 Å². The van der Waals surface area contributed by atoms with E-state index >= 15 is 0 Å². The molecule has 0 aromatic heterocycles. The SMILES string of the molecule is C=C(C)CC(Cc1ccccc1)(c1cc(C)cc(C(C)C(C)(C)C(C)C)c1)c1ccc(CCC)c(C)c1. The van der Waals surface area contributed by atoms with Crippen LogP contribution >= 0.6 is 0 Å². The van der Waals surface area contributed by atoms with Gasteiger partial charge >= 0.3 is 0 Å². The number of allylic oxidation sites excluding steroid dienone is 1. The third kappa shape index (κ3) is 6.46. The number of rotatable bonds is 11. The minimum atomic E-state index is -0.175. The first-order valence-electron chi connectivity index (χ1n) is 14.3. The maximum absolute atomic E-state index is 4.44. The molecule has 2 atom stereocenters. The summed E-state index contributed by atoms with van der Waals surface area (Å²) in [7, 11) is 0. The zero-order valence-corrected chi connectivity index (χ0v) is 25.0. The molecule has 0 aliphatic rings. The fraction of sp³-hybridized carbons (Fsp3) is 0.459. The van der Waals surface area contributed by atoms with Crippen molar-refractivity contribution in [1.82, 2.24) is 0 Å². The molecule has 0 aliphatic heterocycles. The van der Waals surface area contributed by atoms with E-state index in [-0.39, 0.29) is 10.8 Å². The molecule has 0 bridgehead atoms. The summed E-state index contributed by atoms with van der Waals surface area (Å²) in [5, 5.41) is 0. The van der Waals surface area contributed by atoms with Gasteiger partial charge in [0.25, 0.3) is 0 Å². The van der Waals surface area contributed by atoms with E-state index in [4.69, 9.17) is 0 Å². The lowest BCUT2D eigenvalue weighted by atomic mass is 9.64. The van der Waals surface area contributed by atoms with Crippen molar-refractivity contribution < 1.29 is 0 Å². The third-order valence-electron chi connectivity index (χ3n) is 9.12. The Morgan fingerprint density at radius 3 is 2.11 bits per heavy atom. The van der Waals surface area contributed by atoms with Gasteiger partial charge in [0.1, 0.15) is 0 Å². The van der Waals surface area contributed by atoms with Crippen LogP contribution in [0.1, 0.15) is 106 Å². The predicted octanol–water partition coefficient (Wildman–Crippen LogP) is 10.5. The van der Waals surface area contributed by atoms with Crippen molar-refractivity contribution in [1.29, 1.82) is 0 Å². The van der Waals surface area contributed by atoms with Crippen molar-refractivity contribution in [2.75, 3.05) is 0 Å². The van der Waals surface area contributed by atoms with Crippen LogP contribution in [0.4, 0.5) is 0 Å². The first-order valence-corrected chi connectivity index (χ1v) is 14.3. The van der Waals surface area contributed by atoms with Crippen LogP contribution < -0.4 is 0 Å². The second kappa shape index (κ2) is 11.8. The van der Waals surface area contributed by atoms with Crippen LogP contribution in [0.15, 0.2) is 78.9 Å². The summed E-state index contributed by atoms with van der Waals surface area (Å²) >= 11 is 0. The van der Waals surface area contributed by atoms with Crippen LogP contribution in [-0.2, 0) is 18.3 Å². The van der Waals surface area contributed by atoms with Gasteiger partial charge in [-0.15, -0.1) is 6.58 Å². The van der Waals surface area contributed by atoms with E-state index in [2.05, 4.69) is 136 Å². The van der Waals surface area contributed by atoms with E-state index < -0.39 is 0 Å². The molecule has 0 saturated heterocycles. The number of aryl methyl sites for hydroxylation is 3. The Labute approximate surface area is 228 Å². The van der Waals surface area contributed by atoms with Gasteiger partial charge in [-0.05, 0) is 90.7 Å². The quantitative estimate of drug-likeness (QED) is 0.232. The smallest absolute Gasteiger partial charge is 0.0280 e. The van der Waals surface area contributed by atoms with Gasteiger partial charge in [0.2, 0.25) is 0 Å². The molecule has 0 radical (unpaired) electrons. The lowest BCUT2D eigenvalue weighted by Crippen LogP contribution is -2.32. The first kappa shape index (κ1) is 29.0. The van der Waals surface area contributed by atoms with E-state index in [9.17, 15) is 0 Å². The summed E-state index contributed by atoms with van der Waals surface area (Å²) < 4.78 is 0. The molecule has 2 unspecified atom stereocenters. The molecule has 0 fully saturated rings. The van der Waals surface area contributed by atoms with Gasteiger partial charge in [-0.1, -0.05) is 126 Å². The molecule has 0 saturated carbocycles. The summed E-state index contributed by atoms with van der Waals surface area (Å²) in [5.74, 6) is 1.06. The molecule has 0 N–H and O–H groups in total. The average Bonchev–Trinajstić information content (AvgIpc) is 2.84. The highest BCUT2D eigenvalue weighted by molar-refractivity contribution is 5.49. The topological polar surface area (TPSA) is 0 Å². The van der Waals surface area contributed by atoms with Gasteiger partial charge in [0.05, 0.1) is 0 Å². The molecule has 3 aromatic carbocycles. The molecule has 3 aromatic rings. The Morgan fingerprint density at radius 1 is 0.865 bits per heavy atom. The maximum atomic E-state index is 4.44. The van der Waals surface area contributed by atoms with Crippen molar-refractivity contribution in [2.24, 2.45) is 11.3 Å². The zero-order chi connectivity index (χ0) is 27.4. The summed E-state index contributed by atoms with van der Waals surface area (Å²) in [6.45, 7) is 25.4. The lowest BCUT2D eigenvalue weighted by molar-refractivity contribution is 0.203. The molecule has 198 valence electrons. The normalized spacial score (nSPS) is 14.4. The molecule has 3 rings (SSSR count). The Bertz CT molecular complexity index is 1190. The second-order valence-electron chi connectivity index (χ2n) is 12.6. The van der Waals surface area contributed by atoms with Crippen molar-refractivity contribution >= 4 is 0 Å². The van der Waals surface area contributed by atoms with Crippen LogP contribution in [0.2, 0.25) is 0 Å². The molecule has 0 nitrogen and oxygen atoms in total. The van der Waals surface area contributed by atoms with Crippen molar-refractivity contribution in [3.8, 4) is 0 Å². The van der Waals surface area contributed by atoms with Gasteiger partial charge in [0.15, 0.2) is 0 Å². The Kier molecular flexibility index (Phi) is 9.27. The molecular formula is C37H50. The highest BCUT2D eigenvalue weighted by Crippen LogP contribution is 2.46. The number of benzene rings is 3. The molecule has 0 amide bonds. The Morgan fingerprint density at radius 2 is 1.54 bits per heavy atom. The monoisotopic (exact) mass is 494 g/mol. The molecule has 0 aliphatic carbocycles. The van der Waals surface area contributed by atoms with E-state index in [1.54, 1.807) is 0 Å². The van der Waals surface area contributed by atoms with Gasteiger partial charge in [-0.2, -0.15) is 0 Å². The van der Waals surface area contributed by atoms with Crippen molar-refractivity contribution in [3.05, 3.63) is 118 Å². The van der Waals surface area contributed by atoms with Crippen LogP contribution in [0.3, 0.4) is 0 Å². The molecule has 0 heteroatoms. The van der Waals surface area contributed by atoms with Crippen LogP contribution in [0, 0.1) is 25.2 Å². The zero-order valence-electron chi connectivity index (χ0n) is 25.0. The highest BCUT2D eigenvalue weighted by Gasteiger charge is 2.37. The first-order chi connectivity index (χ1) is 17.4. The fourth-order valence-corrected chi connectivity index (χ4v) is 5.91. The second-order valence-corrected chi connectivity index (χ2v) is 12.6. The van der Waals surface area contributed by atoms with Gasteiger partial charge in [0, 0.05) is 5.41 Å². The Hall–Kier alpha value is -2.60. The minimum absolute atomic E-state index is 0.175. The molecular weight excluding hydrogens is 444 g/mol. The maximum Gasteiger partial charge on any atom is 0.0280 e. The third-order valence-corrected chi connectivity index (χ3v) is 9.12. The molecule has 0 spiro atoms. The van der Waals surface area contributed by atoms with E-state index in [1.807, 2.05) is 0 Å². The predicted molar refractivity (Wildman–Crippen MR) is 164 cm³/mol. The van der Waals surface area contributed by atoms with Crippen LogP contribution in [0.5, 0.6) is 0 Å². The Balaban J connectivity index is 2.31. The van der Waals surface area contributed by atoms with Crippen LogP contribution in [0.25, 0.3) is 0 Å². The van der Waals surface area contributed by atoms with E-state index in [0.29, 0.717) is 11.8 Å². The lowest BCUT2D eigenvalue weighted by Gasteiger charge is -2.39. The van der Waals surface area contributed by atoms with Gasteiger partial charge in [-0.3, -0.25) is 0 Å². The van der Waals surface area contributed by atoms with Gasteiger partial charge in [-0.25, -0.2) is 0 Å². The summed E-state index contributed by atoms with van der Waals surface area (Å²) in [6, 6.07) is 25.7. The number of hydrogen-bond donors (Lipinski definition) is 0. The fourth-order valence-electron chi connectivity index (χ4n) is 5.91. The van der Waals surface area contributed by atoms with Crippen molar-refractivity contribution in [2.45, 2.75) is 99.3 Å². The largest absolute Gasteiger partial charge is 0.100 e. The summed E-state index contributed by atoms with van der Waals surface area (Å²) in [6.07, 6.45) is 4.19. The van der Waals surface area contributed by atoms with E-state index in [0.717, 1.165) is 19.3 Å². The number of hydrogen-bond acceptors (Lipinski definition) is 0. The molecule has 37 heavy (non-hydrogen) atoms.